The van der Waals surface area contributed by atoms with E-state index in [2.05, 4.69) is 13.8 Å². The lowest BCUT2D eigenvalue weighted by molar-refractivity contribution is 0.211. The molecule has 0 spiro atoms. The Kier molecular flexibility index (Phi) is 4.45. The summed E-state index contributed by atoms with van der Waals surface area (Å²) in [5.41, 5.74) is 1.14. The number of rotatable bonds is 4. The van der Waals surface area contributed by atoms with Crippen molar-refractivity contribution in [3.05, 3.63) is 33.8 Å². The summed E-state index contributed by atoms with van der Waals surface area (Å²) in [5, 5.41) is 10.3. The van der Waals surface area contributed by atoms with Crippen LogP contribution in [0.5, 0.6) is 0 Å². The van der Waals surface area contributed by atoms with Crippen LogP contribution in [0.25, 0.3) is 0 Å². The Balaban J connectivity index is 2.80. The lowest BCUT2D eigenvalue weighted by atomic mass is 9.83. The fraction of sp³-hybridized carbons (Fsp3) is 0.500. The van der Waals surface area contributed by atoms with Gasteiger partial charge in [-0.15, -0.1) is 0 Å². The highest BCUT2D eigenvalue weighted by molar-refractivity contribution is 6.35. The minimum atomic E-state index is 0.0617. The van der Waals surface area contributed by atoms with Crippen LogP contribution in [0.4, 0.5) is 0 Å². The first-order chi connectivity index (χ1) is 6.94. The Morgan fingerprint density at radius 2 is 1.93 bits per heavy atom. The molecule has 1 rings (SSSR count). The van der Waals surface area contributed by atoms with Crippen molar-refractivity contribution in [3.63, 3.8) is 0 Å². The molecule has 0 aliphatic heterocycles. The average Bonchev–Trinajstić information content (AvgIpc) is 2.09. The number of halogens is 2. The molecule has 0 unspecified atom stereocenters. The minimum Gasteiger partial charge on any atom is -0.396 e. The molecule has 84 valence electrons. The second-order valence-corrected chi connectivity index (χ2v) is 5.39. The van der Waals surface area contributed by atoms with Crippen LogP contribution in [0.1, 0.15) is 25.8 Å². The Bertz CT molecular complexity index is 334. The summed E-state index contributed by atoms with van der Waals surface area (Å²) in [5.74, 6) is 0. The molecule has 15 heavy (non-hydrogen) atoms. The van der Waals surface area contributed by atoms with E-state index in [-0.39, 0.29) is 12.0 Å². The highest BCUT2D eigenvalue weighted by Gasteiger charge is 2.19. The standard InChI is InChI=1S/C12H16Cl2O/c1-12(2,5-6-15)8-9-3-4-10(13)7-11(9)14/h3-4,7,15H,5-6,8H2,1-2H3. The smallest absolute Gasteiger partial charge is 0.0453 e. The van der Waals surface area contributed by atoms with Gasteiger partial charge in [0.05, 0.1) is 0 Å². The molecule has 0 atom stereocenters. The first-order valence-corrected chi connectivity index (χ1v) is 5.75. The number of benzene rings is 1. The molecule has 1 nitrogen and oxygen atoms in total. The summed E-state index contributed by atoms with van der Waals surface area (Å²) in [6.07, 6.45) is 1.62. The lowest BCUT2D eigenvalue weighted by Crippen LogP contribution is -2.16. The van der Waals surface area contributed by atoms with Crippen LogP contribution in [0, 0.1) is 5.41 Å². The molecule has 0 aliphatic carbocycles. The monoisotopic (exact) mass is 246 g/mol. The lowest BCUT2D eigenvalue weighted by Gasteiger charge is -2.24. The molecule has 0 saturated heterocycles. The van der Waals surface area contributed by atoms with Crippen molar-refractivity contribution in [1.82, 2.24) is 0 Å². The minimum absolute atomic E-state index is 0.0617. The SMILES string of the molecule is CC(C)(CCO)Cc1ccc(Cl)cc1Cl. The normalized spacial score (nSPS) is 11.8. The Labute approximate surface area is 101 Å². The van der Waals surface area contributed by atoms with Gasteiger partial charge in [0, 0.05) is 16.7 Å². The van der Waals surface area contributed by atoms with Crippen LogP contribution in [-0.2, 0) is 6.42 Å². The first-order valence-electron chi connectivity index (χ1n) is 4.99. The zero-order valence-corrected chi connectivity index (χ0v) is 10.6. The number of aliphatic hydroxyl groups excluding tert-OH is 1. The fourth-order valence-corrected chi connectivity index (χ4v) is 2.05. The summed E-state index contributed by atoms with van der Waals surface area (Å²) < 4.78 is 0. The second-order valence-electron chi connectivity index (χ2n) is 4.55. The van der Waals surface area contributed by atoms with Crippen molar-refractivity contribution in [2.75, 3.05) is 6.61 Å². The Morgan fingerprint density at radius 3 is 2.47 bits per heavy atom. The van der Waals surface area contributed by atoms with Gasteiger partial charge in [0.1, 0.15) is 0 Å². The van der Waals surface area contributed by atoms with E-state index in [1.807, 2.05) is 12.1 Å². The third kappa shape index (κ3) is 4.02. The van der Waals surface area contributed by atoms with E-state index in [0.717, 1.165) is 18.4 Å². The Morgan fingerprint density at radius 1 is 1.27 bits per heavy atom. The maximum Gasteiger partial charge on any atom is 0.0453 e. The van der Waals surface area contributed by atoms with Crippen molar-refractivity contribution in [3.8, 4) is 0 Å². The van der Waals surface area contributed by atoms with Crippen LogP contribution in [0.2, 0.25) is 10.0 Å². The molecule has 0 fully saturated rings. The van der Waals surface area contributed by atoms with Crippen LogP contribution in [0.15, 0.2) is 18.2 Å². The van der Waals surface area contributed by atoms with E-state index in [1.54, 1.807) is 6.07 Å². The van der Waals surface area contributed by atoms with E-state index >= 15 is 0 Å². The van der Waals surface area contributed by atoms with Crippen molar-refractivity contribution >= 4 is 23.2 Å². The van der Waals surface area contributed by atoms with Gasteiger partial charge >= 0.3 is 0 Å². The van der Waals surface area contributed by atoms with E-state index < -0.39 is 0 Å². The predicted molar refractivity (Wildman–Crippen MR) is 65.6 cm³/mol. The zero-order valence-electron chi connectivity index (χ0n) is 9.06. The average molecular weight is 247 g/mol. The quantitative estimate of drug-likeness (QED) is 0.854. The highest BCUT2D eigenvalue weighted by atomic mass is 35.5. The van der Waals surface area contributed by atoms with Gasteiger partial charge in [-0.1, -0.05) is 43.1 Å². The predicted octanol–water partition coefficient (Wildman–Crippen LogP) is 3.94. The molecular formula is C12H16Cl2O. The second kappa shape index (κ2) is 5.20. The molecule has 0 aliphatic rings. The van der Waals surface area contributed by atoms with E-state index in [0.29, 0.717) is 10.0 Å². The zero-order chi connectivity index (χ0) is 11.5. The Hall–Kier alpha value is -0.240. The van der Waals surface area contributed by atoms with E-state index in [9.17, 15) is 0 Å². The van der Waals surface area contributed by atoms with Gasteiger partial charge in [-0.25, -0.2) is 0 Å². The summed E-state index contributed by atoms with van der Waals surface area (Å²) >= 11 is 11.9. The van der Waals surface area contributed by atoms with Crippen LogP contribution < -0.4 is 0 Å². The fourth-order valence-electron chi connectivity index (χ4n) is 1.57. The van der Waals surface area contributed by atoms with Gasteiger partial charge in [0.25, 0.3) is 0 Å². The van der Waals surface area contributed by atoms with Crippen molar-refractivity contribution in [2.45, 2.75) is 26.7 Å². The largest absolute Gasteiger partial charge is 0.396 e. The third-order valence-corrected chi connectivity index (χ3v) is 3.06. The van der Waals surface area contributed by atoms with Crippen LogP contribution in [-0.4, -0.2) is 11.7 Å². The van der Waals surface area contributed by atoms with Gasteiger partial charge in [-0.3, -0.25) is 0 Å². The van der Waals surface area contributed by atoms with Crippen molar-refractivity contribution in [2.24, 2.45) is 5.41 Å². The molecular weight excluding hydrogens is 231 g/mol. The number of aliphatic hydroxyl groups is 1. The van der Waals surface area contributed by atoms with Gasteiger partial charge in [-0.05, 0) is 36.0 Å². The van der Waals surface area contributed by atoms with Crippen molar-refractivity contribution < 1.29 is 5.11 Å². The summed E-state index contributed by atoms with van der Waals surface area (Å²) in [4.78, 5) is 0. The maximum atomic E-state index is 8.94. The molecule has 3 heteroatoms. The third-order valence-electron chi connectivity index (χ3n) is 2.47. The molecule has 1 aromatic rings. The molecule has 0 heterocycles. The highest BCUT2D eigenvalue weighted by Crippen LogP contribution is 2.30. The molecule has 1 N–H and O–H groups in total. The number of hydrogen-bond donors (Lipinski definition) is 1. The van der Waals surface area contributed by atoms with Gasteiger partial charge in [0.15, 0.2) is 0 Å². The van der Waals surface area contributed by atoms with E-state index in [1.165, 1.54) is 0 Å². The molecule has 0 radical (unpaired) electrons. The topological polar surface area (TPSA) is 20.2 Å². The summed E-state index contributed by atoms with van der Waals surface area (Å²) in [6, 6.07) is 5.55. The van der Waals surface area contributed by atoms with Crippen LogP contribution >= 0.6 is 23.2 Å². The molecule has 0 saturated carbocycles. The van der Waals surface area contributed by atoms with Gasteiger partial charge in [0.2, 0.25) is 0 Å². The maximum absolute atomic E-state index is 8.94. The van der Waals surface area contributed by atoms with Gasteiger partial charge < -0.3 is 5.11 Å². The van der Waals surface area contributed by atoms with Crippen LogP contribution in [0.3, 0.4) is 0 Å². The number of hydrogen-bond acceptors (Lipinski definition) is 1. The molecule has 1 aromatic carbocycles. The molecule has 0 aromatic heterocycles. The summed E-state index contributed by atoms with van der Waals surface area (Å²) in [7, 11) is 0. The molecule has 0 amide bonds. The molecule has 0 bridgehead atoms. The van der Waals surface area contributed by atoms with Gasteiger partial charge in [-0.2, -0.15) is 0 Å². The summed E-state index contributed by atoms with van der Waals surface area (Å²) in [6.45, 7) is 4.44. The van der Waals surface area contributed by atoms with Crippen molar-refractivity contribution in [1.29, 1.82) is 0 Å². The van der Waals surface area contributed by atoms with E-state index in [4.69, 9.17) is 28.3 Å². The first kappa shape index (κ1) is 12.8.